The molecule has 0 saturated heterocycles. The first kappa shape index (κ1) is 15.9. The molecule has 1 heterocycles. The van der Waals surface area contributed by atoms with Crippen molar-refractivity contribution in [2.45, 2.75) is 6.04 Å². The molecule has 0 aliphatic carbocycles. The number of benzene rings is 2. The molecule has 1 aromatic heterocycles. The second kappa shape index (κ2) is 6.62. The molecule has 1 atom stereocenters. The molecule has 1 amide bonds. The number of aryl methyl sites for hydroxylation is 1. The van der Waals surface area contributed by atoms with Gasteiger partial charge >= 0.3 is 0 Å². The van der Waals surface area contributed by atoms with Gasteiger partial charge in [-0.3, -0.25) is 4.79 Å². The summed E-state index contributed by atoms with van der Waals surface area (Å²) in [6, 6.07) is 10.9. The Morgan fingerprint density at radius 2 is 1.96 bits per heavy atom. The highest BCUT2D eigenvalue weighted by Crippen LogP contribution is 2.22. The van der Waals surface area contributed by atoms with Crippen LogP contribution in [0.4, 0.5) is 8.78 Å². The van der Waals surface area contributed by atoms with Gasteiger partial charge in [-0.25, -0.2) is 13.8 Å². The van der Waals surface area contributed by atoms with Gasteiger partial charge in [0.25, 0.3) is 5.91 Å². The molecule has 0 aliphatic rings. The molecule has 6 heteroatoms. The number of rotatable bonds is 4. The molecule has 4 nitrogen and oxygen atoms in total. The molecule has 2 aromatic carbocycles. The van der Waals surface area contributed by atoms with E-state index >= 15 is 0 Å². The summed E-state index contributed by atoms with van der Waals surface area (Å²) in [5.41, 5.74) is 0.446. The topological polar surface area (TPSA) is 46.9 Å². The number of carbonyl (C=O) groups excluding carboxylic acids is 1. The molecule has 0 radical (unpaired) electrons. The predicted octanol–water partition coefficient (Wildman–Crippen LogP) is 3.22. The number of imidazole rings is 1. The van der Waals surface area contributed by atoms with Crippen LogP contribution >= 0.6 is 0 Å². The molecule has 24 heavy (non-hydrogen) atoms. The van der Waals surface area contributed by atoms with E-state index in [9.17, 15) is 13.6 Å². The number of carbonyl (C=O) groups is 1. The number of hydrogen-bond donors (Lipinski definition) is 1. The predicted molar refractivity (Wildman–Crippen MR) is 85.3 cm³/mol. The number of nitrogens with zero attached hydrogens (tertiary/aromatic N) is 2. The number of aromatic nitrogens is 2. The van der Waals surface area contributed by atoms with Crippen LogP contribution in [0.5, 0.6) is 0 Å². The van der Waals surface area contributed by atoms with E-state index in [-0.39, 0.29) is 5.56 Å². The summed E-state index contributed by atoms with van der Waals surface area (Å²) in [6.45, 7) is 0. The second-order valence-corrected chi connectivity index (χ2v) is 5.34. The van der Waals surface area contributed by atoms with Crippen LogP contribution in [0.2, 0.25) is 0 Å². The largest absolute Gasteiger partial charge is 0.338 e. The summed E-state index contributed by atoms with van der Waals surface area (Å²) in [5, 5.41) is 2.73. The van der Waals surface area contributed by atoms with Gasteiger partial charge in [-0.05, 0) is 29.8 Å². The van der Waals surface area contributed by atoms with E-state index in [4.69, 9.17) is 0 Å². The maximum atomic E-state index is 13.8. The smallest absolute Gasteiger partial charge is 0.255 e. The molecule has 1 N–H and O–H groups in total. The fourth-order valence-corrected chi connectivity index (χ4v) is 2.49. The molecule has 0 saturated carbocycles. The van der Waals surface area contributed by atoms with Crippen LogP contribution in [-0.4, -0.2) is 15.5 Å². The Morgan fingerprint density at radius 1 is 1.17 bits per heavy atom. The maximum Gasteiger partial charge on any atom is 0.255 e. The second-order valence-electron chi connectivity index (χ2n) is 5.34. The third kappa shape index (κ3) is 3.17. The highest BCUT2D eigenvalue weighted by Gasteiger charge is 2.23. The number of amides is 1. The Kier molecular flexibility index (Phi) is 4.37. The first-order valence-corrected chi connectivity index (χ1v) is 7.34. The average molecular weight is 327 g/mol. The third-order valence-corrected chi connectivity index (χ3v) is 3.69. The molecular weight excluding hydrogens is 312 g/mol. The normalized spacial score (nSPS) is 12.0. The Bertz CT molecular complexity index is 876. The highest BCUT2D eigenvalue weighted by molar-refractivity contribution is 5.94. The van der Waals surface area contributed by atoms with Crippen LogP contribution < -0.4 is 5.32 Å². The fraction of sp³-hybridized carbons (Fsp3) is 0.111. The molecule has 0 spiro atoms. The Balaban J connectivity index is 1.98. The van der Waals surface area contributed by atoms with Gasteiger partial charge in [0.1, 0.15) is 23.5 Å². The van der Waals surface area contributed by atoms with Gasteiger partial charge in [0.15, 0.2) is 0 Å². The molecule has 0 aliphatic heterocycles. The average Bonchev–Trinajstić information content (AvgIpc) is 2.98. The van der Waals surface area contributed by atoms with Crippen molar-refractivity contribution in [3.05, 3.63) is 89.5 Å². The third-order valence-electron chi connectivity index (χ3n) is 3.69. The van der Waals surface area contributed by atoms with Crippen LogP contribution in [-0.2, 0) is 7.05 Å². The van der Waals surface area contributed by atoms with Crippen molar-refractivity contribution < 1.29 is 13.6 Å². The van der Waals surface area contributed by atoms with Gasteiger partial charge in [-0.1, -0.05) is 24.3 Å². The summed E-state index contributed by atoms with van der Waals surface area (Å²) < 4.78 is 29.2. The van der Waals surface area contributed by atoms with Crippen molar-refractivity contribution in [1.82, 2.24) is 14.9 Å². The van der Waals surface area contributed by atoms with E-state index in [1.54, 1.807) is 42.2 Å². The van der Waals surface area contributed by atoms with Crippen molar-refractivity contribution in [2.75, 3.05) is 0 Å². The maximum absolute atomic E-state index is 13.8. The molecule has 3 aromatic rings. The van der Waals surface area contributed by atoms with Gasteiger partial charge in [0.05, 0.1) is 5.56 Å². The Morgan fingerprint density at radius 3 is 2.62 bits per heavy atom. The van der Waals surface area contributed by atoms with E-state index in [0.717, 1.165) is 0 Å². The van der Waals surface area contributed by atoms with Crippen LogP contribution in [0.1, 0.15) is 27.8 Å². The van der Waals surface area contributed by atoms with Gasteiger partial charge < -0.3 is 9.88 Å². The molecule has 3 rings (SSSR count). The molecule has 0 unspecified atom stereocenters. The minimum absolute atomic E-state index is 0.0758. The minimum atomic E-state index is -0.701. The lowest BCUT2D eigenvalue weighted by Crippen LogP contribution is -2.31. The summed E-state index contributed by atoms with van der Waals surface area (Å²) >= 11 is 0. The van der Waals surface area contributed by atoms with Crippen LogP contribution in [0, 0.1) is 11.6 Å². The first-order chi connectivity index (χ1) is 11.6. The van der Waals surface area contributed by atoms with Crippen LogP contribution in [0.25, 0.3) is 0 Å². The Hall–Kier alpha value is -3.02. The SMILES string of the molecule is Cn1ccnc1[C@@H](NC(=O)c1ccccc1F)c1cccc(F)c1. The molecule has 122 valence electrons. The van der Waals surface area contributed by atoms with Crippen molar-refractivity contribution in [1.29, 1.82) is 0 Å². The summed E-state index contributed by atoms with van der Waals surface area (Å²) in [4.78, 5) is 16.7. The number of nitrogens with one attached hydrogen (secondary N) is 1. The lowest BCUT2D eigenvalue weighted by atomic mass is 10.0. The quantitative estimate of drug-likeness (QED) is 0.800. The zero-order valence-corrected chi connectivity index (χ0v) is 12.9. The first-order valence-electron chi connectivity index (χ1n) is 7.34. The van der Waals surface area contributed by atoms with Crippen molar-refractivity contribution >= 4 is 5.91 Å². The van der Waals surface area contributed by atoms with Crippen LogP contribution in [0.3, 0.4) is 0 Å². The van der Waals surface area contributed by atoms with Gasteiger partial charge in [0.2, 0.25) is 0 Å². The summed E-state index contributed by atoms with van der Waals surface area (Å²) in [6.07, 6.45) is 3.30. The lowest BCUT2D eigenvalue weighted by Gasteiger charge is -2.19. The summed E-state index contributed by atoms with van der Waals surface area (Å²) in [5.74, 6) is -1.12. The number of halogens is 2. The van der Waals surface area contributed by atoms with Crippen LogP contribution in [0.15, 0.2) is 60.9 Å². The lowest BCUT2D eigenvalue weighted by molar-refractivity contribution is 0.0937. The standard InChI is InChI=1S/C18H15F2N3O/c1-23-10-9-21-17(23)16(12-5-4-6-13(19)11-12)22-18(24)14-7-2-3-8-15(14)20/h2-11,16H,1H3,(H,22,24)/t16-/m0/s1. The van der Waals surface area contributed by atoms with E-state index in [0.29, 0.717) is 11.4 Å². The van der Waals surface area contributed by atoms with Gasteiger partial charge in [0, 0.05) is 19.4 Å². The Labute approximate surface area is 137 Å². The zero-order valence-electron chi connectivity index (χ0n) is 12.9. The van der Waals surface area contributed by atoms with Crippen molar-refractivity contribution in [3.8, 4) is 0 Å². The van der Waals surface area contributed by atoms with Crippen molar-refractivity contribution in [3.63, 3.8) is 0 Å². The minimum Gasteiger partial charge on any atom is -0.338 e. The van der Waals surface area contributed by atoms with E-state index in [1.165, 1.54) is 30.3 Å². The molecular formula is C18H15F2N3O. The fourth-order valence-electron chi connectivity index (χ4n) is 2.49. The van der Waals surface area contributed by atoms with E-state index in [1.807, 2.05) is 0 Å². The molecule has 0 fully saturated rings. The zero-order chi connectivity index (χ0) is 17.1. The van der Waals surface area contributed by atoms with E-state index < -0.39 is 23.6 Å². The van der Waals surface area contributed by atoms with E-state index in [2.05, 4.69) is 10.3 Å². The molecule has 0 bridgehead atoms. The highest BCUT2D eigenvalue weighted by atomic mass is 19.1. The number of hydrogen-bond acceptors (Lipinski definition) is 2. The van der Waals surface area contributed by atoms with Gasteiger partial charge in [-0.2, -0.15) is 0 Å². The van der Waals surface area contributed by atoms with Crippen molar-refractivity contribution in [2.24, 2.45) is 7.05 Å². The van der Waals surface area contributed by atoms with Gasteiger partial charge in [-0.15, -0.1) is 0 Å². The summed E-state index contributed by atoms with van der Waals surface area (Å²) in [7, 11) is 1.77. The monoisotopic (exact) mass is 327 g/mol.